The van der Waals surface area contributed by atoms with Gasteiger partial charge in [-0.1, -0.05) is 13.8 Å². The van der Waals surface area contributed by atoms with Crippen LogP contribution in [0.4, 0.5) is 5.69 Å². The van der Waals surface area contributed by atoms with Gasteiger partial charge >= 0.3 is 0 Å². The van der Waals surface area contributed by atoms with Gasteiger partial charge in [0.25, 0.3) is 5.56 Å². The molecule has 0 fully saturated rings. The molecule has 19 heavy (non-hydrogen) atoms. The number of rotatable bonds is 7. The summed E-state index contributed by atoms with van der Waals surface area (Å²) in [6.45, 7) is 3.90. The molecule has 0 unspecified atom stereocenters. The molecular formula is C12H20BrN3O3. The highest BCUT2D eigenvalue weighted by Gasteiger charge is 2.27. The maximum Gasteiger partial charge on any atom is 0.283 e. The lowest BCUT2D eigenvalue weighted by Gasteiger charge is -2.31. The van der Waals surface area contributed by atoms with Crippen LogP contribution in [-0.4, -0.2) is 38.7 Å². The minimum Gasteiger partial charge on any atom is -0.394 e. The first-order chi connectivity index (χ1) is 9.03. The molecule has 108 valence electrons. The second kappa shape index (κ2) is 7.02. The number of anilines is 1. The van der Waals surface area contributed by atoms with Crippen LogP contribution < -0.4 is 10.9 Å². The summed E-state index contributed by atoms with van der Waals surface area (Å²) in [7, 11) is 0. The van der Waals surface area contributed by atoms with Crippen molar-refractivity contribution < 1.29 is 10.2 Å². The molecule has 6 nitrogen and oxygen atoms in total. The molecule has 0 aliphatic heterocycles. The van der Waals surface area contributed by atoms with Crippen LogP contribution in [0.1, 0.15) is 26.7 Å². The maximum atomic E-state index is 12.0. The van der Waals surface area contributed by atoms with Crippen molar-refractivity contribution in [3.8, 4) is 0 Å². The van der Waals surface area contributed by atoms with Gasteiger partial charge in [0.2, 0.25) is 0 Å². The normalized spacial score (nSPS) is 11.6. The molecule has 0 bridgehead atoms. The number of hydrogen-bond donors (Lipinski definition) is 3. The van der Waals surface area contributed by atoms with Crippen molar-refractivity contribution in [2.75, 3.05) is 18.5 Å². The highest BCUT2D eigenvalue weighted by atomic mass is 79.9. The molecule has 0 spiro atoms. The van der Waals surface area contributed by atoms with Gasteiger partial charge in [0.05, 0.1) is 30.6 Å². The summed E-state index contributed by atoms with van der Waals surface area (Å²) in [6, 6.07) is 0. The van der Waals surface area contributed by atoms with E-state index in [0.717, 1.165) is 6.42 Å². The number of aliphatic hydroxyl groups excluding tert-OH is 2. The summed E-state index contributed by atoms with van der Waals surface area (Å²) < 4.78 is 1.73. The van der Waals surface area contributed by atoms with Crippen LogP contribution >= 0.6 is 15.9 Å². The van der Waals surface area contributed by atoms with E-state index in [4.69, 9.17) is 0 Å². The van der Waals surface area contributed by atoms with Gasteiger partial charge in [0.15, 0.2) is 0 Å². The number of aliphatic hydroxyl groups is 2. The fraction of sp³-hybridized carbons (Fsp3) is 0.667. The Kier molecular flexibility index (Phi) is 5.96. The van der Waals surface area contributed by atoms with E-state index in [2.05, 4.69) is 26.3 Å². The first-order valence-electron chi connectivity index (χ1n) is 6.29. The predicted molar refractivity (Wildman–Crippen MR) is 77.3 cm³/mol. The van der Waals surface area contributed by atoms with E-state index in [-0.39, 0.29) is 18.8 Å². The third kappa shape index (κ3) is 3.55. The molecule has 7 heteroatoms. The molecule has 0 aromatic carbocycles. The average Bonchev–Trinajstić information content (AvgIpc) is 2.44. The van der Waals surface area contributed by atoms with Gasteiger partial charge < -0.3 is 15.5 Å². The Morgan fingerprint density at radius 2 is 2.05 bits per heavy atom. The molecule has 0 amide bonds. The monoisotopic (exact) mass is 333 g/mol. The fourth-order valence-corrected chi connectivity index (χ4v) is 2.06. The van der Waals surface area contributed by atoms with Crippen molar-refractivity contribution in [1.82, 2.24) is 9.78 Å². The molecule has 0 atom stereocenters. The number of nitrogens with one attached hydrogen (secondary N) is 1. The van der Waals surface area contributed by atoms with Gasteiger partial charge in [0, 0.05) is 6.54 Å². The molecule has 1 aromatic heterocycles. The minimum atomic E-state index is -0.854. The molecule has 1 heterocycles. The first-order valence-corrected chi connectivity index (χ1v) is 7.08. The Morgan fingerprint density at radius 1 is 1.42 bits per heavy atom. The van der Waals surface area contributed by atoms with Crippen molar-refractivity contribution in [2.45, 2.75) is 38.8 Å². The van der Waals surface area contributed by atoms with E-state index in [1.807, 2.05) is 13.8 Å². The molecule has 1 aromatic rings. The Labute approximate surface area is 120 Å². The molecule has 1 rings (SSSR count). The summed E-state index contributed by atoms with van der Waals surface area (Å²) in [5.41, 5.74) is -0.608. The summed E-state index contributed by atoms with van der Waals surface area (Å²) in [5.74, 6) is 0. The van der Waals surface area contributed by atoms with Crippen LogP contribution in [0.3, 0.4) is 0 Å². The Hall–Kier alpha value is -0.920. The second-order valence-electron chi connectivity index (χ2n) is 4.48. The number of aryl methyl sites for hydroxylation is 1. The lowest BCUT2D eigenvalue weighted by Crippen LogP contribution is -2.45. The van der Waals surface area contributed by atoms with Gasteiger partial charge in [-0.2, -0.15) is 5.10 Å². The predicted octanol–water partition coefficient (Wildman–Crippen LogP) is 0.961. The van der Waals surface area contributed by atoms with Crippen LogP contribution in [0.15, 0.2) is 15.5 Å². The van der Waals surface area contributed by atoms with Crippen molar-refractivity contribution in [3.05, 3.63) is 21.0 Å². The van der Waals surface area contributed by atoms with Crippen molar-refractivity contribution >= 4 is 21.6 Å². The third-order valence-electron chi connectivity index (χ3n) is 3.10. The van der Waals surface area contributed by atoms with E-state index in [9.17, 15) is 15.0 Å². The zero-order valence-corrected chi connectivity index (χ0v) is 12.8. The third-order valence-corrected chi connectivity index (χ3v) is 3.87. The SMILES string of the molecule is CCCn1ncc(NC(CC)(CO)CO)c(Br)c1=O. The highest BCUT2D eigenvalue weighted by molar-refractivity contribution is 9.10. The van der Waals surface area contributed by atoms with Gasteiger partial charge in [-0.15, -0.1) is 0 Å². The van der Waals surface area contributed by atoms with Crippen molar-refractivity contribution in [3.63, 3.8) is 0 Å². The summed E-state index contributed by atoms with van der Waals surface area (Å²) in [5, 5.41) is 25.9. The fourth-order valence-electron chi connectivity index (χ4n) is 1.65. The number of hydrogen-bond acceptors (Lipinski definition) is 5. The van der Waals surface area contributed by atoms with Crippen molar-refractivity contribution in [2.24, 2.45) is 0 Å². The summed E-state index contributed by atoms with van der Waals surface area (Å²) >= 11 is 3.24. The summed E-state index contributed by atoms with van der Waals surface area (Å²) in [4.78, 5) is 12.0. The van der Waals surface area contributed by atoms with Gasteiger partial charge in [-0.05, 0) is 28.8 Å². The molecule has 0 saturated carbocycles. The first kappa shape index (κ1) is 16.1. The Morgan fingerprint density at radius 3 is 2.53 bits per heavy atom. The standard InChI is InChI=1S/C12H20BrN3O3/c1-3-5-16-11(19)10(13)9(6-14-16)15-12(4-2,7-17)8-18/h6,15,17-18H,3-5,7-8H2,1-2H3. The Bertz CT molecular complexity index is 464. The van der Waals surface area contributed by atoms with E-state index >= 15 is 0 Å². The van der Waals surface area contributed by atoms with Gasteiger partial charge in [-0.3, -0.25) is 4.79 Å². The van der Waals surface area contributed by atoms with Gasteiger partial charge in [0.1, 0.15) is 4.47 Å². The minimum absolute atomic E-state index is 0.229. The molecule has 0 aliphatic carbocycles. The smallest absolute Gasteiger partial charge is 0.283 e. The molecular weight excluding hydrogens is 314 g/mol. The van der Waals surface area contributed by atoms with Crippen LogP contribution in [-0.2, 0) is 6.54 Å². The zero-order chi connectivity index (χ0) is 14.5. The largest absolute Gasteiger partial charge is 0.394 e. The zero-order valence-electron chi connectivity index (χ0n) is 11.2. The molecule has 0 radical (unpaired) electrons. The lowest BCUT2D eigenvalue weighted by molar-refractivity contribution is 0.132. The van der Waals surface area contributed by atoms with Crippen LogP contribution in [0.2, 0.25) is 0 Å². The van der Waals surface area contributed by atoms with E-state index in [1.165, 1.54) is 10.9 Å². The molecule has 0 aliphatic rings. The van der Waals surface area contributed by atoms with Crippen molar-refractivity contribution in [1.29, 1.82) is 0 Å². The Balaban J connectivity index is 3.09. The molecule has 0 saturated heterocycles. The van der Waals surface area contributed by atoms with Crippen LogP contribution in [0.5, 0.6) is 0 Å². The van der Waals surface area contributed by atoms with E-state index < -0.39 is 5.54 Å². The van der Waals surface area contributed by atoms with E-state index in [0.29, 0.717) is 23.1 Å². The maximum absolute atomic E-state index is 12.0. The average molecular weight is 334 g/mol. The van der Waals surface area contributed by atoms with Crippen LogP contribution in [0, 0.1) is 0 Å². The van der Waals surface area contributed by atoms with Gasteiger partial charge in [-0.25, -0.2) is 4.68 Å². The molecule has 3 N–H and O–H groups in total. The summed E-state index contributed by atoms with van der Waals surface area (Å²) in [6.07, 6.45) is 2.86. The number of aromatic nitrogens is 2. The van der Waals surface area contributed by atoms with Crippen LogP contribution in [0.25, 0.3) is 0 Å². The number of halogens is 1. The van der Waals surface area contributed by atoms with E-state index in [1.54, 1.807) is 0 Å². The quantitative estimate of drug-likeness (QED) is 0.691. The highest BCUT2D eigenvalue weighted by Crippen LogP contribution is 2.22. The topological polar surface area (TPSA) is 87.4 Å². The lowest BCUT2D eigenvalue weighted by atomic mass is 9.98. The second-order valence-corrected chi connectivity index (χ2v) is 5.27. The number of nitrogens with zero attached hydrogens (tertiary/aromatic N) is 2.